The summed E-state index contributed by atoms with van der Waals surface area (Å²) >= 11 is 6.29. The van der Waals surface area contributed by atoms with E-state index in [9.17, 15) is 0 Å². The highest BCUT2D eigenvalue weighted by molar-refractivity contribution is 6.20. The Morgan fingerprint density at radius 3 is 2.85 bits per heavy atom. The highest BCUT2D eigenvalue weighted by atomic mass is 35.5. The molecule has 0 aliphatic carbocycles. The predicted octanol–water partition coefficient (Wildman–Crippen LogP) is 3.54. The molecule has 2 aromatic heterocycles. The summed E-state index contributed by atoms with van der Waals surface area (Å²) in [7, 11) is 0. The Labute approximate surface area is 123 Å². The zero-order valence-electron chi connectivity index (χ0n) is 11.6. The molecule has 2 heterocycles. The maximum absolute atomic E-state index is 6.29. The molecule has 0 saturated carbocycles. The van der Waals surface area contributed by atoms with Gasteiger partial charge in [-0.25, -0.2) is 9.97 Å². The quantitative estimate of drug-likeness (QED) is 0.688. The van der Waals surface area contributed by atoms with Crippen LogP contribution < -0.4 is 0 Å². The fraction of sp³-hybridized carbons (Fsp3) is 0.333. The first kappa shape index (κ1) is 13.2. The van der Waals surface area contributed by atoms with Crippen LogP contribution in [0.5, 0.6) is 0 Å². The van der Waals surface area contributed by atoms with Crippen molar-refractivity contribution in [3.8, 4) is 0 Å². The van der Waals surface area contributed by atoms with E-state index < -0.39 is 0 Å². The molecule has 0 saturated heterocycles. The highest BCUT2D eigenvalue weighted by Gasteiger charge is 2.15. The van der Waals surface area contributed by atoms with Gasteiger partial charge in [-0.2, -0.15) is 0 Å². The molecule has 3 aromatic rings. The molecule has 0 bridgehead atoms. The van der Waals surface area contributed by atoms with Gasteiger partial charge in [0.2, 0.25) is 0 Å². The van der Waals surface area contributed by atoms with Crippen molar-refractivity contribution in [2.24, 2.45) is 0 Å². The molecule has 4 nitrogen and oxygen atoms in total. The minimum Gasteiger partial charge on any atom is -0.336 e. The van der Waals surface area contributed by atoms with Crippen molar-refractivity contribution in [3.63, 3.8) is 0 Å². The van der Waals surface area contributed by atoms with Gasteiger partial charge in [0.1, 0.15) is 5.82 Å². The van der Waals surface area contributed by atoms with Crippen LogP contribution in [0.2, 0.25) is 0 Å². The minimum absolute atomic E-state index is 0.107. The van der Waals surface area contributed by atoms with Gasteiger partial charge in [0.15, 0.2) is 0 Å². The second kappa shape index (κ2) is 5.29. The van der Waals surface area contributed by atoms with E-state index in [-0.39, 0.29) is 5.38 Å². The highest BCUT2D eigenvalue weighted by Crippen LogP contribution is 2.26. The van der Waals surface area contributed by atoms with Crippen molar-refractivity contribution in [2.45, 2.75) is 32.3 Å². The second-order valence-electron chi connectivity index (χ2n) is 4.98. The lowest BCUT2D eigenvalue weighted by atomic mass is 10.2. The molecule has 3 rings (SSSR count). The molecule has 0 spiro atoms. The Balaban J connectivity index is 2.02. The van der Waals surface area contributed by atoms with E-state index in [1.807, 2.05) is 19.4 Å². The Morgan fingerprint density at radius 2 is 2.15 bits per heavy atom. The van der Waals surface area contributed by atoms with Gasteiger partial charge in [0.25, 0.3) is 0 Å². The topological polar surface area (TPSA) is 35.6 Å². The van der Waals surface area contributed by atoms with Gasteiger partial charge < -0.3 is 9.13 Å². The second-order valence-corrected chi connectivity index (χ2v) is 5.64. The van der Waals surface area contributed by atoms with Gasteiger partial charge in [-0.1, -0.05) is 12.1 Å². The zero-order valence-corrected chi connectivity index (χ0v) is 12.4. The Morgan fingerprint density at radius 1 is 1.30 bits per heavy atom. The number of para-hydroxylation sites is 1. The molecule has 5 heteroatoms. The molecule has 104 valence electrons. The van der Waals surface area contributed by atoms with Gasteiger partial charge in [0.05, 0.1) is 22.7 Å². The maximum atomic E-state index is 6.29. The summed E-state index contributed by atoms with van der Waals surface area (Å²) in [6, 6.07) is 6.25. The SMILES string of the molecule is Cc1cccc2c1nc(C(C)Cl)n2CCn1ccnc1. The number of rotatable bonds is 4. The van der Waals surface area contributed by atoms with Crippen LogP contribution in [-0.4, -0.2) is 19.1 Å². The van der Waals surface area contributed by atoms with Crippen molar-refractivity contribution in [2.75, 3.05) is 0 Å². The molecule has 20 heavy (non-hydrogen) atoms. The predicted molar refractivity (Wildman–Crippen MR) is 81.0 cm³/mol. The molecule has 0 radical (unpaired) electrons. The Bertz CT molecular complexity index is 713. The van der Waals surface area contributed by atoms with Crippen molar-refractivity contribution < 1.29 is 0 Å². The lowest BCUT2D eigenvalue weighted by Gasteiger charge is -2.11. The van der Waals surface area contributed by atoms with E-state index in [0.29, 0.717) is 0 Å². The summed E-state index contributed by atoms with van der Waals surface area (Å²) < 4.78 is 4.27. The number of aryl methyl sites for hydroxylation is 3. The molecule has 1 atom stereocenters. The van der Waals surface area contributed by atoms with E-state index in [2.05, 4.69) is 39.2 Å². The number of hydrogen-bond acceptors (Lipinski definition) is 2. The van der Waals surface area contributed by atoms with Crippen molar-refractivity contribution >= 4 is 22.6 Å². The summed E-state index contributed by atoms with van der Waals surface area (Å²) in [5.74, 6) is 0.927. The average molecular weight is 289 g/mol. The number of hydrogen-bond donors (Lipinski definition) is 0. The molecule has 1 unspecified atom stereocenters. The molecule has 0 amide bonds. The van der Waals surface area contributed by atoms with Gasteiger partial charge in [0, 0.05) is 25.5 Å². The van der Waals surface area contributed by atoms with Gasteiger partial charge >= 0.3 is 0 Å². The summed E-state index contributed by atoms with van der Waals surface area (Å²) in [5, 5.41) is -0.107. The molecule has 1 aromatic carbocycles. The molecule has 0 N–H and O–H groups in total. The normalized spacial score (nSPS) is 12.9. The fourth-order valence-electron chi connectivity index (χ4n) is 2.48. The standard InChI is InChI=1S/C15H17ClN4/c1-11-4-3-5-13-14(11)18-15(12(2)16)20(13)9-8-19-7-6-17-10-19/h3-7,10,12H,8-9H2,1-2H3. The largest absolute Gasteiger partial charge is 0.336 e. The molecular weight excluding hydrogens is 272 g/mol. The van der Waals surface area contributed by atoms with E-state index in [1.54, 1.807) is 6.20 Å². The van der Waals surface area contributed by atoms with Crippen molar-refractivity contribution in [1.82, 2.24) is 19.1 Å². The maximum Gasteiger partial charge on any atom is 0.127 e. The van der Waals surface area contributed by atoms with E-state index in [0.717, 1.165) is 29.9 Å². The number of imidazole rings is 2. The molecule has 0 aliphatic rings. The third-order valence-corrected chi connectivity index (χ3v) is 3.70. The van der Waals surface area contributed by atoms with Crippen LogP contribution in [0.15, 0.2) is 36.9 Å². The number of halogens is 1. The van der Waals surface area contributed by atoms with Crippen molar-refractivity contribution in [3.05, 3.63) is 48.3 Å². The molecule has 0 aliphatic heterocycles. The first-order valence-electron chi connectivity index (χ1n) is 6.72. The van der Waals surface area contributed by atoms with E-state index in [4.69, 9.17) is 16.6 Å². The molecule has 0 fully saturated rings. The first-order valence-corrected chi connectivity index (χ1v) is 7.16. The monoisotopic (exact) mass is 288 g/mol. The van der Waals surface area contributed by atoms with Crippen LogP contribution >= 0.6 is 11.6 Å². The minimum atomic E-state index is -0.107. The van der Waals surface area contributed by atoms with Crippen LogP contribution in [0, 0.1) is 6.92 Å². The van der Waals surface area contributed by atoms with Crippen LogP contribution in [0.4, 0.5) is 0 Å². The summed E-state index contributed by atoms with van der Waals surface area (Å²) in [5.41, 5.74) is 3.37. The third kappa shape index (κ3) is 2.31. The number of aromatic nitrogens is 4. The van der Waals surface area contributed by atoms with E-state index in [1.165, 1.54) is 5.56 Å². The average Bonchev–Trinajstić information content (AvgIpc) is 3.03. The number of nitrogens with zero attached hydrogens (tertiary/aromatic N) is 4. The number of alkyl halides is 1. The lowest BCUT2D eigenvalue weighted by molar-refractivity contribution is 0.569. The smallest absolute Gasteiger partial charge is 0.127 e. The lowest BCUT2D eigenvalue weighted by Crippen LogP contribution is -2.09. The fourth-order valence-corrected chi connectivity index (χ4v) is 2.64. The van der Waals surface area contributed by atoms with Gasteiger partial charge in [-0.05, 0) is 25.5 Å². The number of benzene rings is 1. The van der Waals surface area contributed by atoms with Gasteiger partial charge in [-0.15, -0.1) is 11.6 Å². The van der Waals surface area contributed by atoms with E-state index >= 15 is 0 Å². The van der Waals surface area contributed by atoms with Crippen LogP contribution in [0.3, 0.4) is 0 Å². The Hall–Kier alpha value is -1.81. The third-order valence-electron chi connectivity index (χ3n) is 3.51. The van der Waals surface area contributed by atoms with Crippen LogP contribution in [0.1, 0.15) is 23.7 Å². The van der Waals surface area contributed by atoms with Crippen LogP contribution in [0.25, 0.3) is 11.0 Å². The summed E-state index contributed by atoms with van der Waals surface area (Å²) in [6.07, 6.45) is 5.59. The van der Waals surface area contributed by atoms with Crippen LogP contribution in [-0.2, 0) is 13.1 Å². The summed E-state index contributed by atoms with van der Waals surface area (Å²) in [6.45, 7) is 5.74. The van der Waals surface area contributed by atoms with Gasteiger partial charge in [-0.3, -0.25) is 0 Å². The number of fused-ring (bicyclic) bond motifs is 1. The zero-order chi connectivity index (χ0) is 14.1. The van der Waals surface area contributed by atoms with Crippen molar-refractivity contribution in [1.29, 1.82) is 0 Å². The first-order chi connectivity index (χ1) is 9.66. The summed E-state index contributed by atoms with van der Waals surface area (Å²) in [4.78, 5) is 8.79. The molecular formula is C15H17ClN4. The Kier molecular flexibility index (Phi) is 3.49.